The molecule has 0 atom stereocenters. The number of hydrogen-bond acceptors (Lipinski definition) is 4. The van der Waals surface area contributed by atoms with Crippen LogP contribution in [0.3, 0.4) is 0 Å². The van der Waals surface area contributed by atoms with Crippen LogP contribution in [-0.2, 0) is 21.4 Å². The number of nitrogens with one attached hydrogen (secondary N) is 2. The van der Waals surface area contributed by atoms with Crippen molar-refractivity contribution in [1.29, 1.82) is 0 Å². The summed E-state index contributed by atoms with van der Waals surface area (Å²) in [6.07, 6.45) is 1.67. The molecule has 0 unspecified atom stereocenters. The SMILES string of the molecule is NS(=O)(=O)c1cccc(CNC(=O)C2CCNCC2)c1. The highest BCUT2D eigenvalue weighted by Gasteiger charge is 2.20. The first-order valence-corrected chi connectivity index (χ1v) is 8.11. The summed E-state index contributed by atoms with van der Waals surface area (Å²) >= 11 is 0. The molecular formula is C13H19N3O3S. The fourth-order valence-electron chi connectivity index (χ4n) is 2.25. The van der Waals surface area contributed by atoms with Crippen LogP contribution in [0.5, 0.6) is 0 Å². The van der Waals surface area contributed by atoms with Gasteiger partial charge in [-0.3, -0.25) is 4.79 Å². The average molecular weight is 297 g/mol. The van der Waals surface area contributed by atoms with Gasteiger partial charge in [-0.1, -0.05) is 12.1 Å². The first kappa shape index (κ1) is 15.0. The highest BCUT2D eigenvalue weighted by Crippen LogP contribution is 2.13. The lowest BCUT2D eigenvalue weighted by molar-refractivity contribution is -0.125. The number of carbonyl (C=O) groups is 1. The molecule has 4 N–H and O–H groups in total. The Morgan fingerprint density at radius 1 is 1.35 bits per heavy atom. The zero-order valence-electron chi connectivity index (χ0n) is 11.1. The largest absolute Gasteiger partial charge is 0.352 e. The third-order valence-electron chi connectivity index (χ3n) is 3.40. The number of nitrogens with two attached hydrogens (primary N) is 1. The lowest BCUT2D eigenvalue weighted by Crippen LogP contribution is -2.37. The second-order valence-electron chi connectivity index (χ2n) is 4.93. The molecule has 0 saturated carbocycles. The van der Waals surface area contributed by atoms with E-state index >= 15 is 0 Å². The van der Waals surface area contributed by atoms with Gasteiger partial charge in [-0.2, -0.15) is 0 Å². The van der Waals surface area contributed by atoms with Crippen LogP contribution in [0, 0.1) is 5.92 Å². The van der Waals surface area contributed by atoms with Gasteiger partial charge >= 0.3 is 0 Å². The summed E-state index contributed by atoms with van der Waals surface area (Å²) in [5.74, 6) is 0.0604. The van der Waals surface area contributed by atoms with Gasteiger partial charge < -0.3 is 10.6 Å². The number of piperidine rings is 1. The molecule has 0 aliphatic carbocycles. The van der Waals surface area contributed by atoms with Crippen LogP contribution in [0.25, 0.3) is 0 Å². The van der Waals surface area contributed by atoms with Crippen LogP contribution in [0.15, 0.2) is 29.2 Å². The first-order chi connectivity index (χ1) is 9.47. The molecule has 0 spiro atoms. The molecule has 2 rings (SSSR count). The van der Waals surface area contributed by atoms with Crippen LogP contribution in [-0.4, -0.2) is 27.4 Å². The molecule has 1 aliphatic heterocycles. The maximum absolute atomic E-state index is 12.0. The van der Waals surface area contributed by atoms with Gasteiger partial charge in [0.15, 0.2) is 0 Å². The molecule has 0 bridgehead atoms. The third-order valence-corrected chi connectivity index (χ3v) is 4.31. The van der Waals surface area contributed by atoms with Crippen molar-refractivity contribution < 1.29 is 13.2 Å². The van der Waals surface area contributed by atoms with E-state index < -0.39 is 10.0 Å². The fourth-order valence-corrected chi connectivity index (χ4v) is 2.83. The Kier molecular flexibility index (Phi) is 4.74. The molecule has 6 nitrogen and oxygen atoms in total. The van der Waals surface area contributed by atoms with E-state index in [1.807, 2.05) is 0 Å². The van der Waals surface area contributed by atoms with Crippen LogP contribution in [0.2, 0.25) is 0 Å². The number of rotatable bonds is 4. The van der Waals surface area contributed by atoms with Gasteiger partial charge in [-0.15, -0.1) is 0 Å². The molecule has 1 fully saturated rings. The van der Waals surface area contributed by atoms with E-state index in [9.17, 15) is 13.2 Å². The van der Waals surface area contributed by atoms with Crippen molar-refractivity contribution in [3.8, 4) is 0 Å². The minimum atomic E-state index is -3.71. The lowest BCUT2D eigenvalue weighted by Gasteiger charge is -2.21. The maximum Gasteiger partial charge on any atom is 0.238 e. The quantitative estimate of drug-likeness (QED) is 0.725. The Morgan fingerprint density at radius 3 is 2.70 bits per heavy atom. The number of sulfonamides is 1. The van der Waals surface area contributed by atoms with Gasteiger partial charge in [-0.05, 0) is 43.6 Å². The molecule has 0 radical (unpaired) electrons. The van der Waals surface area contributed by atoms with Crippen molar-refractivity contribution in [2.75, 3.05) is 13.1 Å². The molecule has 1 amide bonds. The summed E-state index contributed by atoms with van der Waals surface area (Å²) in [4.78, 5) is 12.0. The number of benzene rings is 1. The van der Waals surface area contributed by atoms with Gasteiger partial charge in [0, 0.05) is 12.5 Å². The van der Waals surface area contributed by atoms with Crippen molar-refractivity contribution in [3.63, 3.8) is 0 Å². The number of hydrogen-bond donors (Lipinski definition) is 3. The van der Waals surface area contributed by atoms with Gasteiger partial charge in [0.25, 0.3) is 0 Å². The molecule has 7 heteroatoms. The van der Waals surface area contributed by atoms with E-state index in [1.165, 1.54) is 12.1 Å². The Balaban J connectivity index is 1.95. The Labute approximate surface area is 118 Å². The summed E-state index contributed by atoms with van der Waals surface area (Å²) in [7, 11) is -3.71. The minimum Gasteiger partial charge on any atom is -0.352 e. The van der Waals surface area contributed by atoms with Gasteiger partial charge in [0.05, 0.1) is 4.90 Å². The molecule has 0 aromatic heterocycles. The van der Waals surface area contributed by atoms with Crippen LogP contribution < -0.4 is 15.8 Å². The molecule has 20 heavy (non-hydrogen) atoms. The predicted octanol–water partition coefficient (Wildman–Crippen LogP) is -0.0502. The maximum atomic E-state index is 12.0. The first-order valence-electron chi connectivity index (χ1n) is 6.57. The van der Waals surface area contributed by atoms with Crippen LogP contribution in [0.1, 0.15) is 18.4 Å². The molecular weight excluding hydrogens is 278 g/mol. The topological polar surface area (TPSA) is 101 Å². The third kappa shape index (κ3) is 4.03. The Morgan fingerprint density at radius 2 is 2.05 bits per heavy atom. The molecule has 1 saturated heterocycles. The summed E-state index contributed by atoms with van der Waals surface area (Å²) in [6, 6.07) is 6.30. The molecule has 110 valence electrons. The van der Waals surface area contributed by atoms with Gasteiger partial charge in [0.1, 0.15) is 0 Å². The van der Waals surface area contributed by atoms with Crippen molar-refractivity contribution in [1.82, 2.24) is 10.6 Å². The van der Waals surface area contributed by atoms with Crippen LogP contribution in [0.4, 0.5) is 0 Å². The van der Waals surface area contributed by atoms with Crippen molar-refractivity contribution in [2.24, 2.45) is 11.1 Å². The molecule has 1 aliphatic rings. The number of primary sulfonamides is 1. The summed E-state index contributed by atoms with van der Waals surface area (Å²) in [6.45, 7) is 2.03. The predicted molar refractivity (Wildman–Crippen MR) is 75.3 cm³/mol. The second-order valence-corrected chi connectivity index (χ2v) is 6.50. The summed E-state index contributed by atoms with van der Waals surface area (Å²) in [5.41, 5.74) is 0.721. The molecule has 1 aromatic rings. The standard InChI is InChI=1S/C13H19N3O3S/c14-20(18,19)12-3-1-2-10(8-12)9-16-13(17)11-4-6-15-7-5-11/h1-3,8,11,15H,4-7,9H2,(H,16,17)(H2,14,18,19). The van der Waals surface area contributed by atoms with E-state index in [-0.39, 0.29) is 16.7 Å². The van der Waals surface area contributed by atoms with Crippen molar-refractivity contribution in [2.45, 2.75) is 24.3 Å². The van der Waals surface area contributed by atoms with Crippen molar-refractivity contribution in [3.05, 3.63) is 29.8 Å². The lowest BCUT2D eigenvalue weighted by atomic mass is 9.97. The normalized spacial score (nSPS) is 16.9. The Hall–Kier alpha value is -1.44. The zero-order chi connectivity index (χ0) is 14.6. The molecule has 1 heterocycles. The van der Waals surface area contributed by atoms with Gasteiger partial charge in [-0.25, -0.2) is 13.6 Å². The second kappa shape index (κ2) is 6.34. The monoisotopic (exact) mass is 297 g/mol. The van der Waals surface area contributed by atoms with E-state index in [0.29, 0.717) is 6.54 Å². The Bertz CT molecular complexity index is 580. The van der Waals surface area contributed by atoms with E-state index in [0.717, 1.165) is 31.5 Å². The van der Waals surface area contributed by atoms with Crippen LogP contribution >= 0.6 is 0 Å². The van der Waals surface area contributed by atoms with E-state index in [4.69, 9.17) is 5.14 Å². The zero-order valence-corrected chi connectivity index (χ0v) is 11.9. The number of amides is 1. The minimum absolute atomic E-state index is 0.0208. The van der Waals surface area contributed by atoms with E-state index in [1.54, 1.807) is 12.1 Å². The van der Waals surface area contributed by atoms with Crippen molar-refractivity contribution >= 4 is 15.9 Å². The number of carbonyl (C=O) groups excluding carboxylic acids is 1. The molecule has 1 aromatic carbocycles. The average Bonchev–Trinajstić information content (AvgIpc) is 2.45. The van der Waals surface area contributed by atoms with E-state index in [2.05, 4.69) is 10.6 Å². The summed E-state index contributed by atoms with van der Waals surface area (Å²) < 4.78 is 22.5. The summed E-state index contributed by atoms with van der Waals surface area (Å²) in [5, 5.41) is 11.1. The smallest absolute Gasteiger partial charge is 0.238 e. The fraction of sp³-hybridized carbons (Fsp3) is 0.462. The highest BCUT2D eigenvalue weighted by atomic mass is 32.2. The highest BCUT2D eigenvalue weighted by molar-refractivity contribution is 7.89. The van der Waals surface area contributed by atoms with Gasteiger partial charge in [0.2, 0.25) is 15.9 Å².